The SMILES string of the molecule is [CH2-]C(=O)Nc1[c-]ccc(N2CC(CN)OC2=O)c1.[Y]. The monoisotopic (exact) mass is 336 g/mol. The number of nitrogens with zero attached hydrogens (tertiary/aromatic N) is 1. The number of amides is 2. The second-order valence-electron chi connectivity index (χ2n) is 3.86. The van der Waals surface area contributed by atoms with Gasteiger partial charge < -0.3 is 27.5 Å². The summed E-state index contributed by atoms with van der Waals surface area (Å²) in [5.41, 5.74) is 6.54. The molecule has 0 aliphatic carbocycles. The van der Waals surface area contributed by atoms with E-state index in [0.717, 1.165) is 0 Å². The Morgan fingerprint density at radius 2 is 2.42 bits per heavy atom. The van der Waals surface area contributed by atoms with E-state index in [1.54, 1.807) is 18.2 Å². The second kappa shape index (κ2) is 6.89. The van der Waals surface area contributed by atoms with Crippen molar-refractivity contribution in [1.29, 1.82) is 0 Å². The summed E-state index contributed by atoms with van der Waals surface area (Å²) in [5.74, 6) is -0.438. The van der Waals surface area contributed by atoms with E-state index in [9.17, 15) is 9.59 Å². The van der Waals surface area contributed by atoms with Gasteiger partial charge in [-0.3, -0.25) is 4.90 Å². The normalized spacial score (nSPS) is 17.6. The van der Waals surface area contributed by atoms with E-state index in [0.29, 0.717) is 17.9 Å². The van der Waals surface area contributed by atoms with Crippen molar-refractivity contribution in [3.63, 3.8) is 0 Å². The average Bonchev–Trinajstić information content (AvgIpc) is 2.70. The van der Waals surface area contributed by atoms with Crippen molar-refractivity contribution >= 4 is 23.4 Å². The zero-order valence-corrected chi connectivity index (χ0v) is 13.1. The summed E-state index contributed by atoms with van der Waals surface area (Å²) in [6, 6.07) is 7.78. The van der Waals surface area contributed by atoms with Crippen LogP contribution in [0.1, 0.15) is 0 Å². The Labute approximate surface area is 136 Å². The molecule has 1 radical (unpaired) electrons. The van der Waals surface area contributed by atoms with E-state index >= 15 is 0 Å². The number of hydrogen-bond donors (Lipinski definition) is 2. The summed E-state index contributed by atoms with van der Waals surface area (Å²) in [5, 5.41) is 2.50. The Balaban J connectivity index is 0.00000180. The van der Waals surface area contributed by atoms with Gasteiger partial charge in [0.15, 0.2) is 0 Å². The number of cyclic esters (lactones) is 1. The Morgan fingerprint density at radius 3 is 3.00 bits per heavy atom. The van der Waals surface area contributed by atoms with Crippen molar-refractivity contribution in [2.45, 2.75) is 6.10 Å². The Morgan fingerprint density at radius 1 is 1.68 bits per heavy atom. The molecule has 1 aromatic rings. The smallest absolute Gasteiger partial charge is 0.412 e. The molecular formula is C12H13N3O3Y-2. The minimum absolute atomic E-state index is 0. The molecule has 0 aromatic heterocycles. The van der Waals surface area contributed by atoms with Crippen LogP contribution in [0.15, 0.2) is 18.2 Å². The predicted octanol–water partition coefficient (Wildman–Crippen LogP) is 0.541. The summed E-state index contributed by atoms with van der Waals surface area (Å²) < 4.78 is 5.05. The van der Waals surface area contributed by atoms with Crippen molar-refractivity contribution < 1.29 is 47.0 Å². The molecule has 0 saturated carbocycles. The van der Waals surface area contributed by atoms with Gasteiger partial charge in [0.1, 0.15) is 6.10 Å². The third-order valence-electron chi connectivity index (χ3n) is 2.51. The molecule has 2 amide bonds. The molecule has 1 aliphatic heterocycles. The number of hydrogen-bond acceptors (Lipinski definition) is 4. The molecule has 7 heteroatoms. The number of carbonyl (C=O) groups is 2. The van der Waals surface area contributed by atoms with E-state index in [4.69, 9.17) is 10.5 Å². The fourth-order valence-corrected chi connectivity index (χ4v) is 1.70. The predicted molar refractivity (Wildman–Crippen MR) is 65.9 cm³/mol. The molecule has 3 N–H and O–H groups in total. The second-order valence-corrected chi connectivity index (χ2v) is 3.86. The number of benzene rings is 1. The molecule has 0 spiro atoms. The van der Waals surface area contributed by atoms with Gasteiger partial charge in [0.05, 0.1) is 12.5 Å². The van der Waals surface area contributed by atoms with Gasteiger partial charge in [-0.2, -0.15) is 12.1 Å². The minimum atomic E-state index is -0.441. The standard InChI is InChI=1S/C12H13N3O3.Y/c1-8(16)14-9-3-2-4-10(5-9)15-7-11(6-13)18-12(15)17;/h2,4-5,11H,1,6-7,13H2,(H,14,16);/q-2;. The van der Waals surface area contributed by atoms with Gasteiger partial charge in [0, 0.05) is 39.3 Å². The molecule has 1 unspecified atom stereocenters. The van der Waals surface area contributed by atoms with E-state index in [1.807, 2.05) is 0 Å². The molecule has 1 aromatic carbocycles. The molecule has 99 valence electrons. The van der Waals surface area contributed by atoms with Crippen molar-refractivity contribution in [3.8, 4) is 0 Å². The maximum atomic E-state index is 11.6. The third-order valence-corrected chi connectivity index (χ3v) is 2.51. The average molecular weight is 336 g/mol. The number of carbonyl (C=O) groups excluding carboxylic acids is 2. The third kappa shape index (κ3) is 3.93. The summed E-state index contributed by atoms with van der Waals surface area (Å²) in [7, 11) is 0. The van der Waals surface area contributed by atoms with E-state index in [1.165, 1.54) is 4.90 Å². The number of ether oxygens (including phenoxy) is 1. The number of nitrogens with two attached hydrogens (primary N) is 1. The molecule has 1 saturated heterocycles. The van der Waals surface area contributed by atoms with Crippen molar-refractivity contribution in [2.24, 2.45) is 5.73 Å². The summed E-state index contributed by atoms with van der Waals surface area (Å²) >= 11 is 0. The van der Waals surface area contributed by atoms with Gasteiger partial charge in [-0.1, -0.05) is 11.4 Å². The number of anilines is 2. The molecule has 19 heavy (non-hydrogen) atoms. The molecule has 6 nitrogen and oxygen atoms in total. The largest absolute Gasteiger partial charge is 0.443 e. The topological polar surface area (TPSA) is 84.7 Å². The van der Waals surface area contributed by atoms with Crippen LogP contribution in [-0.2, 0) is 42.2 Å². The van der Waals surface area contributed by atoms with Crippen LogP contribution in [0, 0.1) is 13.0 Å². The van der Waals surface area contributed by atoms with E-state index in [-0.39, 0.29) is 45.4 Å². The van der Waals surface area contributed by atoms with E-state index in [2.05, 4.69) is 18.3 Å². The number of nitrogens with one attached hydrogen (secondary N) is 1. The van der Waals surface area contributed by atoms with Crippen LogP contribution in [0.3, 0.4) is 0 Å². The maximum Gasteiger partial charge on any atom is 0.412 e. The van der Waals surface area contributed by atoms with Crippen LogP contribution < -0.4 is 16.0 Å². The van der Waals surface area contributed by atoms with Crippen molar-refractivity contribution in [2.75, 3.05) is 23.3 Å². The van der Waals surface area contributed by atoms with Crippen LogP contribution in [0.5, 0.6) is 0 Å². The van der Waals surface area contributed by atoms with Gasteiger partial charge in [-0.25, -0.2) is 4.79 Å². The summed E-state index contributed by atoms with van der Waals surface area (Å²) in [4.78, 5) is 23.9. The maximum absolute atomic E-state index is 11.6. The Bertz CT molecular complexity index is 481. The number of rotatable bonds is 3. The summed E-state index contributed by atoms with van der Waals surface area (Å²) in [6.45, 7) is 3.89. The first-order valence-electron chi connectivity index (χ1n) is 5.43. The first-order chi connectivity index (χ1) is 8.60. The summed E-state index contributed by atoms with van der Waals surface area (Å²) in [6.07, 6.45) is -0.740. The van der Waals surface area contributed by atoms with Crippen LogP contribution in [0.2, 0.25) is 0 Å². The fraction of sp³-hybridized carbons (Fsp3) is 0.250. The van der Waals surface area contributed by atoms with Gasteiger partial charge >= 0.3 is 6.09 Å². The van der Waals surface area contributed by atoms with Gasteiger partial charge in [0.2, 0.25) is 0 Å². The van der Waals surface area contributed by atoms with Crippen molar-refractivity contribution in [3.05, 3.63) is 31.2 Å². The zero-order chi connectivity index (χ0) is 13.1. The molecule has 1 aliphatic rings. The van der Waals surface area contributed by atoms with Crippen LogP contribution in [-0.4, -0.2) is 31.2 Å². The van der Waals surface area contributed by atoms with Gasteiger partial charge in [0.25, 0.3) is 0 Å². The van der Waals surface area contributed by atoms with E-state index < -0.39 is 12.0 Å². The minimum Gasteiger partial charge on any atom is -0.443 e. The zero-order valence-electron chi connectivity index (χ0n) is 10.3. The van der Waals surface area contributed by atoms with Crippen LogP contribution in [0.4, 0.5) is 16.2 Å². The molecule has 2 rings (SSSR count). The molecule has 1 heterocycles. The van der Waals surface area contributed by atoms with Gasteiger partial charge in [-0.05, 0) is 0 Å². The van der Waals surface area contributed by atoms with Crippen molar-refractivity contribution in [1.82, 2.24) is 0 Å². The molecule has 1 fully saturated rings. The molecule has 1 atom stereocenters. The Hall–Kier alpha value is -1.11. The fourth-order valence-electron chi connectivity index (χ4n) is 1.70. The van der Waals surface area contributed by atoms with Crippen LogP contribution in [0.25, 0.3) is 0 Å². The first kappa shape index (κ1) is 15.9. The van der Waals surface area contributed by atoms with Gasteiger partial charge in [-0.15, -0.1) is 12.1 Å². The quantitative estimate of drug-likeness (QED) is 0.789. The Kier molecular flexibility index (Phi) is 5.78. The molecular weight excluding hydrogens is 323 g/mol. The first-order valence-corrected chi connectivity index (χ1v) is 5.43. The van der Waals surface area contributed by atoms with Crippen LogP contribution >= 0.6 is 0 Å². The molecule has 0 bridgehead atoms.